The van der Waals surface area contributed by atoms with Crippen molar-refractivity contribution in [1.82, 2.24) is 24.9 Å². The van der Waals surface area contributed by atoms with Gasteiger partial charge in [0.15, 0.2) is 5.89 Å². The van der Waals surface area contributed by atoms with E-state index in [1.54, 1.807) is 26.2 Å². The van der Waals surface area contributed by atoms with Gasteiger partial charge < -0.3 is 14.4 Å². The standard InChI is InChI=1S/C24H31N5O3/c1-15(2)20-21(24(4,5)31)27-22(32-20)17-11-10-16(3)28(14-17)23(30)18-8-6-7-9-19(18)29-25-12-13-26-29/h6-9,12-13,15-17,31H,10-11,14H2,1-5H3/t16-,17-/m1/s1. The largest absolute Gasteiger partial charge is 0.445 e. The van der Waals surface area contributed by atoms with Crippen molar-refractivity contribution in [1.29, 1.82) is 0 Å². The van der Waals surface area contributed by atoms with Crippen molar-refractivity contribution in [3.8, 4) is 5.69 Å². The Morgan fingerprint density at radius 1 is 1.19 bits per heavy atom. The number of para-hydroxylation sites is 1. The third-order valence-corrected chi connectivity index (χ3v) is 6.03. The van der Waals surface area contributed by atoms with Gasteiger partial charge >= 0.3 is 0 Å². The average Bonchev–Trinajstić information content (AvgIpc) is 3.44. The lowest BCUT2D eigenvalue weighted by Crippen LogP contribution is -2.45. The van der Waals surface area contributed by atoms with Crippen LogP contribution in [0.25, 0.3) is 5.69 Å². The number of rotatable bonds is 5. The maximum Gasteiger partial charge on any atom is 0.256 e. The lowest BCUT2D eigenvalue weighted by Gasteiger charge is -2.37. The van der Waals surface area contributed by atoms with Gasteiger partial charge in [-0.15, -0.1) is 0 Å². The van der Waals surface area contributed by atoms with Crippen molar-refractivity contribution in [3.05, 3.63) is 59.6 Å². The van der Waals surface area contributed by atoms with Gasteiger partial charge in [0, 0.05) is 18.5 Å². The molecule has 32 heavy (non-hydrogen) atoms. The number of hydrogen-bond acceptors (Lipinski definition) is 6. The molecule has 8 heteroatoms. The van der Waals surface area contributed by atoms with E-state index in [2.05, 4.69) is 17.1 Å². The molecule has 0 unspecified atom stereocenters. The highest BCUT2D eigenvalue weighted by atomic mass is 16.4. The Kier molecular flexibility index (Phi) is 5.90. The van der Waals surface area contributed by atoms with Gasteiger partial charge in [-0.05, 0) is 45.7 Å². The van der Waals surface area contributed by atoms with Crippen LogP contribution in [0.15, 0.2) is 41.1 Å². The number of likely N-dealkylation sites (tertiary alicyclic amines) is 1. The second-order valence-corrected chi connectivity index (χ2v) is 9.40. The summed E-state index contributed by atoms with van der Waals surface area (Å²) in [6.07, 6.45) is 4.90. The van der Waals surface area contributed by atoms with Crippen LogP contribution in [0.4, 0.5) is 0 Å². The van der Waals surface area contributed by atoms with Gasteiger partial charge in [-0.25, -0.2) is 4.98 Å². The summed E-state index contributed by atoms with van der Waals surface area (Å²) in [7, 11) is 0. The van der Waals surface area contributed by atoms with Crippen molar-refractivity contribution in [2.45, 2.75) is 70.9 Å². The van der Waals surface area contributed by atoms with Crippen molar-refractivity contribution in [2.24, 2.45) is 0 Å². The van der Waals surface area contributed by atoms with Crippen LogP contribution in [0.5, 0.6) is 0 Å². The molecule has 0 aliphatic carbocycles. The molecule has 8 nitrogen and oxygen atoms in total. The number of aliphatic hydroxyl groups is 1. The first-order chi connectivity index (χ1) is 15.2. The number of piperidine rings is 1. The molecule has 1 aromatic carbocycles. The molecule has 0 saturated carbocycles. The minimum Gasteiger partial charge on any atom is -0.445 e. The molecule has 1 fully saturated rings. The Labute approximate surface area is 188 Å². The summed E-state index contributed by atoms with van der Waals surface area (Å²) in [4.78, 5) is 21.7. The molecule has 1 N–H and O–H groups in total. The number of benzene rings is 1. The first-order valence-corrected chi connectivity index (χ1v) is 11.2. The number of hydrogen-bond donors (Lipinski definition) is 1. The molecule has 1 amide bonds. The number of nitrogens with zero attached hydrogens (tertiary/aromatic N) is 5. The molecule has 170 valence electrons. The number of aromatic nitrogens is 4. The van der Waals surface area contributed by atoms with Crippen molar-refractivity contribution >= 4 is 5.91 Å². The quantitative estimate of drug-likeness (QED) is 0.648. The third kappa shape index (κ3) is 4.19. The van der Waals surface area contributed by atoms with Crippen LogP contribution in [-0.2, 0) is 5.60 Å². The van der Waals surface area contributed by atoms with Crippen molar-refractivity contribution in [3.63, 3.8) is 0 Å². The Balaban J connectivity index is 1.64. The number of carbonyl (C=O) groups is 1. The van der Waals surface area contributed by atoms with E-state index < -0.39 is 5.60 Å². The highest BCUT2D eigenvalue weighted by Crippen LogP contribution is 2.36. The zero-order valence-corrected chi connectivity index (χ0v) is 19.3. The van der Waals surface area contributed by atoms with Gasteiger partial charge in [0.05, 0.1) is 29.6 Å². The summed E-state index contributed by atoms with van der Waals surface area (Å²) < 4.78 is 6.16. The van der Waals surface area contributed by atoms with E-state index >= 15 is 0 Å². The zero-order chi connectivity index (χ0) is 23.0. The molecule has 1 aliphatic heterocycles. The van der Waals surface area contributed by atoms with Gasteiger partial charge in [0.1, 0.15) is 17.1 Å². The van der Waals surface area contributed by atoms with E-state index in [0.29, 0.717) is 35.1 Å². The molecule has 3 heterocycles. The minimum atomic E-state index is -1.09. The molecule has 0 bridgehead atoms. The zero-order valence-electron chi connectivity index (χ0n) is 19.3. The predicted molar refractivity (Wildman–Crippen MR) is 120 cm³/mol. The van der Waals surface area contributed by atoms with Crippen LogP contribution in [0.3, 0.4) is 0 Å². The Hall–Kier alpha value is -3.00. The lowest BCUT2D eigenvalue weighted by atomic mass is 9.92. The molecular formula is C24H31N5O3. The van der Waals surface area contributed by atoms with Gasteiger partial charge in [-0.3, -0.25) is 4.79 Å². The molecule has 0 spiro atoms. The van der Waals surface area contributed by atoms with E-state index in [4.69, 9.17) is 9.40 Å². The average molecular weight is 438 g/mol. The first kappa shape index (κ1) is 22.2. The van der Waals surface area contributed by atoms with E-state index in [1.807, 2.05) is 43.0 Å². The van der Waals surface area contributed by atoms with Gasteiger partial charge in [-0.1, -0.05) is 26.0 Å². The highest BCUT2D eigenvalue weighted by Gasteiger charge is 2.36. The molecule has 1 saturated heterocycles. The Bertz CT molecular complexity index is 1080. The van der Waals surface area contributed by atoms with E-state index in [-0.39, 0.29) is 23.8 Å². The van der Waals surface area contributed by atoms with Crippen LogP contribution in [0.1, 0.15) is 87.0 Å². The molecule has 2 aromatic heterocycles. The SMILES string of the molecule is CC(C)c1oc([C@@H]2CC[C@@H](C)N(C(=O)c3ccccc3-n3nccn3)C2)nc1C(C)(C)O. The molecule has 2 atom stereocenters. The first-order valence-electron chi connectivity index (χ1n) is 11.2. The third-order valence-electron chi connectivity index (χ3n) is 6.03. The maximum absolute atomic E-state index is 13.6. The minimum absolute atomic E-state index is 0.0289. The van der Waals surface area contributed by atoms with Crippen LogP contribution < -0.4 is 0 Å². The van der Waals surface area contributed by atoms with Gasteiger partial charge in [0.25, 0.3) is 5.91 Å². The number of oxazole rings is 1. The van der Waals surface area contributed by atoms with Gasteiger partial charge in [0.2, 0.25) is 0 Å². The summed E-state index contributed by atoms with van der Waals surface area (Å²) >= 11 is 0. The summed E-state index contributed by atoms with van der Waals surface area (Å²) in [6, 6.07) is 7.47. The monoisotopic (exact) mass is 437 g/mol. The fourth-order valence-corrected chi connectivity index (χ4v) is 4.27. The topological polar surface area (TPSA) is 97.3 Å². The maximum atomic E-state index is 13.6. The molecule has 3 aromatic rings. The lowest BCUT2D eigenvalue weighted by molar-refractivity contribution is 0.0594. The molecule has 0 radical (unpaired) electrons. The predicted octanol–water partition coefficient (Wildman–Crippen LogP) is 4.01. The normalized spacial score (nSPS) is 19.5. The van der Waals surface area contributed by atoms with Crippen LogP contribution >= 0.6 is 0 Å². The Morgan fingerprint density at radius 2 is 1.88 bits per heavy atom. The van der Waals surface area contributed by atoms with E-state index in [1.165, 1.54) is 4.80 Å². The van der Waals surface area contributed by atoms with Gasteiger partial charge in [-0.2, -0.15) is 15.0 Å². The van der Waals surface area contributed by atoms with Crippen molar-refractivity contribution < 1.29 is 14.3 Å². The van der Waals surface area contributed by atoms with Crippen LogP contribution in [0, 0.1) is 0 Å². The van der Waals surface area contributed by atoms with E-state index in [0.717, 1.165) is 12.8 Å². The number of amides is 1. The fourth-order valence-electron chi connectivity index (χ4n) is 4.27. The molecule has 4 rings (SSSR count). The second-order valence-electron chi connectivity index (χ2n) is 9.40. The highest BCUT2D eigenvalue weighted by molar-refractivity contribution is 5.98. The Morgan fingerprint density at radius 3 is 2.50 bits per heavy atom. The summed E-state index contributed by atoms with van der Waals surface area (Å²) in [5.41, 5.74) is 0.700. The van der Waals surface area contributed by atoms with Crippen LogP contribution in [-0.4, -0.2) is 48.5 Å². The van der Waals surface area contributed by atoms with E-state index in [9.17, 15) is 9.90 Å². The summed E-state index contributed by atoms with van der Waals surface area (Å²) in [5, 5.41) is 19.0. The fraction of sp³-hybridized carbons (Fsp3) is 0.500. The van der Waals surface area contributed by atoms with Crippen LogP contribution in [0.2, 0.25) is 0 Å². The summed E-state index contributed by atoms with van der Waals surface area (Å²) in [6.45, 7) is 10.1. The molecular weight excluding hydrogens is 406 g/mol. The molecule has 1 aliphatic rings. The smallest absolute Gasteiger partial charge is 0.256 e. The second kappa shape index (κ2) is 8.50. The number of carbonyl (C=O) groups excluding carboxylic acids is 1. The summed E-state index contributed by atoms with van der Waals surface area (Å²) in [5.74, 6) is 1.32. The van der Waals surface area contributed by atoms with Crippen molar-refractivity contribution in [2.75, 3.05) is 6.54 Å².